The molecule has 38 heavy (non-hydrogen) atoms. The molecule has 2 atom stereocenters. The van der Waals surface area contributed by atoms with Crippen LogP contribution in [0.1, 0.15) is 74.1 Å². The average Bonchev–Trinajstić information content (AvgIpc) is 3.29. The summed E-state index contributed by atoms with van der Waals surface area (Å²) >= 11 is 0. The van der Waals surface area contributed by atoms with E-state index in [1.165, 1.54) is 12.1 Å². The Morgan fingerprint density at radius 2 is 1.47 bits per heavy atom. The summed E-state index contributed by atoms with van der Waals surface area (Å²) in [5.74, 6) is 0.412. The predicted octanol–water partition coefficient (Wildman–Crippen LogP) is 8.45. The highest BCUT2D eigenvalue weighted by molar-refractivity contribution is 5.33. The second-order valence-electron chi connectivity index (χ2n) is 11.2. The molecule has 210 valence electrons. The van der Waals surface area contributed by atoms with Crippen LogP contribution in [0.5, 0.6) is 0 Å². The van der Waals surface area contributed by atoms with Crippen LogP contribution in [0.2, 0.25) is 0 Å². The molecule has 1 aliphatic heterocycles. The van der Waals surface area contributed by atoms with Gasteiger partial charge in [0.15, 0.2) is 0 Å². The number of ether oxygens (including phenoxy) is 1. The molecule has 2 aromatic rings. The van der Waals surface area contributed by atoms with Gasteiger partial charge in [-0.15, -0.1) is 0 Å². The molecule has 2 nitrogen and oxygen atoms in total. The van der Waals surface area contributed by atoms with Gasteiger partial charge >= 0.3 is 12.4 Å². The van der Waals surface area contributed by atoms with Crippen LogP contribution in [-0.4, -0.2) is 30.6 Å². The van der Waals surface area contributed by atoms with Gasteiger partial charge in [-0.1, -0.05) is 26.0 Å². The number of benzene rings is 2. The largest absolute Gasteiger partial charge is 0.416 e. The van der Waals surface area contributed by atoms with Crippen LogP contribution in [0.4, 0.5) is 30.7 Å². The fourth-order valence-electron chi connectivity index (χ4n) is 6.07. The molecular formula is C29H34F7NO. The summed E-state index contributed by atoms with van der Waals surface area (Å²) in [7, 11) is 0. The van der Waals surface area contributed by atoms with E-state index in [1.807, 2.05) is 12.1 Å². The zero-order chi connectivity index (χ0) is 27.7. The molecule has 0 radical (unpaired) electrons. The highest BCUT2D eigenvalue weighted by Crippen LogP contribution is 2.47. The molecule has 1 heterocycles. The minimum atomic E-state index is -4.88. The maximum atomic E-state index is 13.3. The number of rotatable bonds is 7. The smallest absolute Gasteiger partial charge is 0.376 e. The second-order valence-corrected chi connectivity index (χ2v) is 11.2. The summed E-state index contributed by atoms with van der Waals surface area (Å²) in [6, 6.07) is 8.68. The predicted molar refractivity (Wildman–Crippen MR) is 131 cm³/mol. The van der Waals surface area contributed by atoms with E-state index in [4.69, 9.17) is 4.74 Å². The van der Waals surface area contributed by atoms with Crippen molar-refractivity contribution >= 4 is 0 Å². The third-order valence-corrected chi connectivity index (χ3v) is 8.54. The molecule has 0 spiro atoms. The SMILES string of the molecule is CC(C)C1(COCc2cc(C(F)(F)F)cc(C(F)(F)F)c2)CCC(N2CCC(c3ccc(F)cc3)CC2)C1. The lowest BCUT2D eigenvalue weighted by molar-refractivity contribution is -0.143. The number of hydrogen-bond acceptors (Lipinski definition) is 2. The standard InChI is InChI=1S/C29H34F7NO/c1-19(2)27(18-38-17-20-13-23(28(31,32)33)15-24(14-20)29(34,35)36)10-7-26(16-27)37-11-8-22(9-12-37)21-3-5-25(30)6-4-21/h3-6,13-15,19,22,26H,7-12,16-18H2,1-2H3. The molecule has 2 aromatic carbocycles. The first kappa shape index (κ1) is 28.9. The lowest BCUT2D eigenvalue weighted by Crippen LogP contribution is -2.41. The number of nitrogens with zero attached hydrogens (tertiary/aromatic N) is 1. The topological polar surface area (TPSA) is 12.5 Å². The highest BCUT2D eigenvalue weighted by Gasteiger charge is 2.44. The van der Waals surface area contributed by atoms with Crippen LogP contribution in [0.25, 0.3) is 0 Å². The zero-order valence-corrected chi connectivity index (χ0v) is 21.6. The van der Waals surface area contributed by atoms with Crippen molar-refractivity contribution in [1.29, 1.82) is 0 Å². The summed E-state index contributed by atoms with van der Waals surface area (Å²) in [6.07, 6.45) is -5.03. The van der Waals surface area contributed by atoms with Gasteiger partial charge in [-0.2, -0.15) is 26.3 Å². The minimum absolute atomic E-state index is 0.136. The fraction of sp³-hybridized carbons (Fsp3) is 0.586. The van der Waals surface area contributed by atoms with E-state index in [9.17, 15) is 30.7 Å². The molecule has 0 bridgehead atoms. The fourth-order valence-corrected chi connectivity index (χ4v) is 6.07. The Hall–Kier alpha value is -2.13. The first-order chi connectivity index (χ1) is 17.8. The van der Waals surface area contributed by atoms with Gasteiger partial charge in [0.25, 0.3) is 0 Å². The lowest BCUT2D eigenvalue weighted by Gasteiger charge is -2.38. The van der Waals surface area contributed by atoms with Crippen molar-refractivity contribution in [2.45, 2.75) is 76.9 Å². The van der Waals surface area contributed by atoms with E-state index in [1.54, 1.807) is 0 Å². The molecule has 0 N–H and O–H groups in total. The van der Waals surface area contributed by atoms with E-state index < -0.39 is 23.5 Å². The van der Waals surface area contributed by atoms with Crippen LogP contribution in [-0.2, 0) is 23.7 Å². The Balaban J connectivity index is 1.36. The Labute approximate surface area is 219 Å². The molecule has 0 aromatic heterocycles. The van der Waals surface area contributed by atoms with Gasteiger partial charge in [0.05, 0.1) is 24.3 Å². The maximum Gasteiger partial charge on any atom is 0.416 e. The van der Waals surface area contributed by atoms with E-state index in [0.717, 1.165) is 62.9 Å². The van der Waals surface area contributed by atoms with Crippen molar-refractivity contribution in [3.63, 3.8) is 0 Å². The van der Waals surface area contributed by atoms with Crippen molar-refractivity contribution < 1.29 is 35.5 Å². The Kier molecular flexibility index (Phi) is 8.48. The zero-order valence-electron chi connectivity index (χ0n) is 21.6. The van der Waals surface area contributed by atoms with Gasteiger partial charge in [-0.3, -0.25) is 0 Å². The van der Waals surface area contributed by atoms with Crippen LogP contribution < -0.4 is 0 Å². The van der Waals surface area contributed by atoms with E-state index in [-0.39, 0.29) is 42.0 Å². The first-order valence-corrected chi connectivity index (χ1v) is 13.1. The molecule has 9 heteroatoms. The molecule has 1 aliphatic carbocycles. The van der Waals surface area contributed by atoms with E-state index >= 15 is 0 Å². The summed E-state index contributed by atoms with van der Waals surface area (Å²) in [5.41, 5.74) is -1.81. The van der Waals surface area contributed by atoms with Gasteiger partial charge in [0, 0.05) is 6.04 Å². The van der Waals surface area contributed by atoms with Gasteiger partial charge in [0.1, 0.15) is 5.82 Å². The summed E-state index contributed by atoms with van der Waals surface area (Å²) in [4.78, 5) is 2.49. The summed E-state index contributed by atoms with van der Waals surface area (Å²) in [5, 5.41) is 0. The Morgan fingerprint density at radius 1 is 0.895 bits per heavy atom. The Morgan fingerprint density at radius 3 is 2.00 bits per heavy atom. The molecule has 2 unspecified atom stereocenters. The summed E-state index contributed by atoms with van der Waals surface area (Å²) < 4.78 is 98.3. The second kappa shape index (κ2) is 11.2. The van der Waals surface area contributed by atoms with Crippen molar-refractivity contribution in [2.75, 3.05) is 19.7 Å². The third kappa shape index (κ3) is 6.71. The molecule has 2 fully saturated rings. The van der Waals surface area contributed by atoms with Crippen LogP contribution in [0, 0.1) is 17.2 Å². The minimum Gasteiger partial charge on any atom is -0.376 e. The maximum absolute atomic E-state index is 13.3. The Bertz CT molecular complexity index is 1040. The monoisotopic (exact) mass is 545 g/mol. The van der Waals surface area contributed by atoms with Crippen molar-refractivity contribution in [1.82, 2.24) is 4.90 Å². The van der Waals surface area contributed by atoms with Crippen molar-refractivity contribution in [3.8, 4) is 0 Å². The van der Waals surface area contributed by atoms with Crippen LogP contribution in [0.15, 0.2) is 42.5 Å². The van der Waals surface area contributed by atoms with Crippen LogP contribution >= 0.6 is 0 Å². The normalized spacial score (nSPS) is 23.9. The number of halogens is 7. The van der Waals surface area contributed by atoms with Gasteiger partial charge < -0.3 is 9.64 Å². The number of piperidine rings is 1. The molecular weight excluding hydrogens is 511 g/mol. The molecule has 4 rings (SSSR count). The quantitative estimate of drug-likeness (QED) is 0.324. The molecule has 1 saturated heterocycles. The van der Waals surface area contributed by atoms with Crippen molar-refractivity contribution in [3.05, 3.63) is 70.5 Å². The highest BCUT2D eigenvalue weighted by atomic mass is 19.4. The average molecular weight is 546 g/mol. The molecule has 0 amide bonds. The van der Waals surface area contributed by atoms with Crippen molar-refractivity contribution in [2.24, 2.45) is 11.3 Å². The molecule has 2 aliphatic rings. The van der Waals surface area contributed by atoms with Gasteiger partial charge in [0.2, 0.25) is 0 Å². The van der Waals surface area contributed by atoms with Gasteiger partial charge in [-0.05, 0) is 104 Å². The van der Waals surface area contributed by atoms with E-state index in [0.29, 0.717) is 12.0 Å². The van der Waals surface area contributed by atoms with Crippen LogP contribution in [0.3, 0.4) is 0 Å². The summed E-state index contributed by atoms with van der Waals surface area (Å²) in [6.45, 7) is 6.04. The number of alkyl halides is 6. The molecule has 1 saturated carbocycles. The van der Waals surface area contributed by atoms with Gasteiger partial charge in [-0.25, -0.2) is 4.39 Å². The third-order valence-electron chi connectivity index (χ3n) is 8.54. The number of likely N-dealkylation sites (tertiary alicyclic amines) is 1. The number of hydrogen-bond donors (Lipinski definition) is 0. The van der Waals surface area contributed by atoms with E-state index in [2.05, 4.69) is 18.7 Å². The lowest BCUT2D eigenvalue weighted by atomic mass is 9.76. The first-order valence-electron chi connectivity index (χ1n) is 13.1.